The normalized spacial score (nSPS) is 11.5. The van der Waals surface area contributed by atoms with Crippen molar-refractivity contribution >= 4 is 17.0 Å². The Morgan fingerprint density at radius 1 is 1.04 bits per heavy atom. The largest absolute Gasteiger partial charge is 0.490 e. The molecule has 0 aliphatic carbocycles. The third-order valence-corrected chi connectivity index (χ3v) is 3.81. The first-order chi connectivity index (χ1) is 11.6. The van der Waals surface area contributed by atoms with E-state index in [0.29, 0.717) is 22.6 Å². The summed E-state index contributed by atoms with van der Waals surface area (Å²) in [7, 11) is 1.49. The number of allylic oxidation sites excluding steroid dienone is 1. The molecule has 0 radical (unpaired) electrons. The second-order valence-electron chi connectivity index (χ2n) is 5.99. The number of hydrogen-bond acceptors (Lipinski definition) is 3. The predicted molar refractivity (Wildman–Crippen MR) is 98.3 cm³/mol. The van der Waals surface area contributed by atoms with Crippen LogP contribution < -0.4 is 10.2 Å². The Morgan fingerprint density at radius 3 is 2.46 bits per heavy atom. The highest BCUT2D eigenvalue weighted by Crippen LogP contribution is 2.32. The fraction of sp³-hybridized carbons (Fsp3) is 0.190. The van der Waals surface area contributed by atoms with Crippen LogP contribution in [0.15, 0.2) is 63.8 Å². The van der Waals surface area contributed by atoms with Gasteiger partial charge < -0.3 is 9.15 Å². The standard InChI is InChI=1S/C21H20O3/c1-14(2)12-13-16-10-7-11-17-18(22)21(23-3)20(24-19(16)17)15-8-5-4-6-9-15/h4-14H,1-3H3. The summed E-state index contributed by atoms with van der Waals surface area (Å²) in [6.45, 7) is 4.21. The summed E-state index contributed by atoms with van der Waals surface area (Å²) in [6, 6.07) is 15.1. The van der Waals surface area contributed by atoms with Crippen LogP contribution in [0.25, 0.3) is 28.4 Å². The van der Waals surface area contributed by atoms with Gasteiger partial charge in [0.2, 0.25) is 11.2 Å². The van der Waals surface area contributed by atoms with Gasteiger partial charge in [-0.2, -0.15) is 0 Å². The molecule has 0 unspecified atom stereocenters. The zero-order valence-corrected chi connectivity index (χ0v) is 14.1. The van der Waals surface area contributed by atoms with Crippen LogP contribution in [0.4, 0.5) is 0 Å². The second kappa shape index (κ2) is 6.75. The zero-order valence-electron chi connectivity index (χ0n) is 14.1. The van der Waals surface area contributed by atoms with Crippen molar-refractivity contribution in [3.05, 3.63) is 70.4 Å². The van der Waals surface area contributed by atoms with Crippen molar-refractivity contribution in [2.24, 2.45) is 5.92 Å². The average molecular weight is 320 g/mol. The molecule has 0 aliphatic heterocycles. The minimum atomic E-state index is -0.155. The van der Waals surface area contributed by atoms with Gasteiger partial charge in [-0.1, -0.05) is 68.5 Å². The SMILES string of the molecule is COc1c(-c2ccccc2)oc2c(C=CC(C)C)cccc2c1=O. The van der Waals surface area contributed by atoms with E-state index in [2.05, 4.69) is 19.9 Å². The molecule has 0 spiro atoms. The molecule has 122 valence electrons. The molecule has 3 nitrogen and oxygen atoms in total. The molecule has 24 heavy (non-hydrogen) atoms. The minimum absolute atomic E-state index is 0.155. The van der Waals surface area contributed by atoms with Crippen LogP contribution in [0.1, 0.15) is 19.4 Å². The fourth-order valence-electron chi connectivity index (χ4n) is 2.61. The Bertz CT molecular complexity index is 934. The Morgan fingerprint density at radius 2 is 1.79 bits per heavy atom. The Balaban J connectivity index is 2.33. The first-order valence-corrected chi connectivity index (χ1v) is 7.99. The van der Waals surface area contributed by atoms with Gasteiger partial charge in [-0.05, 0) is 12.0 Å². The maximum absolute atomic E-state index is 12.8. The van der Waals surface area contributed by atoms with E-state index >= 15 is 0 Å². The van der Waals surface area contributed by atoms with Gasteiger partial charge in [0, 0.05) is 11.1 Å². The van der Waals surface area contributed by atoms with Crippen LogP contribution in [-0.2, 0) is 0 Å². The Labute approximate surface area is 141 Å². The Kier molecular flexibility index (Phi) is 4.52. The predicted octanol–water partition coefficient (Wildman–Crippen LogP) is 5.14. The first kappa shape index (κ1) is 16.1. The number of hydrogen-bond donors (Lipinski definition) is 0. The molecule has 3 heteroatoms. The summed E-state index contributed by atoms with van der Waals surface area (Å²) in [4.78, 5) is 12.8. The molecule has 0 aliphatic rings. The van der Waals surface area contributed by atoms with Crippen LogP contribution in [-0.4, -0.2) is 7.11 Å². The van der Waals surface area contributed by atoms with Crippen LogP contribution in [0, 0.1) is 5.92 Å². The topological polar surface area (TPSA) is 39.4 Å². The van der Waals surface area contributed by atoms with E-state index in [9.17, 15) is 4.79 Å². The molecule has 0 saturated carbocycles. The van der Waals surface area contributed by atoms with E-state index in [1.165, 1.54) is 7.11 Å². The quantitative estimate of drug-likeness (QED) is 0.668. The number of methoxy groups -OCH3 is 1. The van der Waals surface area contributed by atoms with Crippen molar-refractivity contribution in [1.29, 1.82) is 0 Å². The molecule has 0 saturated heterocycles. The van der Waals surface area contributed by atoms with E-state index in [1.807, 2.05) is 48.5 Å². The molecule has 0 amide bonds. The third-order valence-electron chi connectivity index (χ3n) is 3.81. The lowest BCUT2D eigenvalue weighted by Crippen LogP contribution is -2.08. The summed E-state index contributed by atoms with van der Waals surface area (Å²) >= 11 is 0. The van der Waals surface area contributed by atoms with Crippen LogP contribution in [0.5, 0.6) is 5.75 Å². The minimum Gasteiger partial charge on any atom is -0.490 e. The molecule has 0 bridgehead atoms. The second-order valence-corrected chi connectivity index (χ2v) is 5.99. The van der Waals surface area contributed by atoms with Crippen LogP contribution in [0.2, 0.25) is 0 Å². The number of rotatable bonds is 4. The first-order valence-electron chi connectivity index (χ1n) is 7.99. The van der Waals surface area contributed by atoms with Gasteiger partial charge in [0.1, 0.15) is 5.58 Å². The molecule has 3 rings (SSSR count). The highest BCUT2D eigenvalue weighted by molar-refractivity contribution is 5.88. The number of ether oxygens (including phenoxy) is 1. The zero-order chi connectivity index (χ0) is 17.1. The summed E-state index contributed by atoms with van der Waals surface area (Å²) in [6.07, 6.45) is 4.08. The molecule has 2 aromatic carbocycles. The van der Waals surface area contributed by atoms with E-state index < -0.39 is 0 Å². The monoisotopic (exact) mass is 320 g/mol. The summed E-state index contributed by atoms with van der Waals surface area (Å²) in [5, 5.41) is 0.525. The van der Waals surface area contributed by atoms with E-state index in [-0.39, 0.29) is 11.2 Å². The smallest absolute Gasteiger partial charge is 0.235 e. The van der Waals surface area contributed by atoms with E-state index in [0.717, 1.165) is 11.1 Å². The highest BCUT2D eigenvalue weighted by atomic mass is 16.5. The molecule has 0 fully saturated rings. The van der Waals surface area contributed by atoms with E-state index in [4.69, 9.17) is 9.15 Å². The lowest BCUT2D eigenvalue weighted by molar-refractivity contribution is 0.398. The third kappa shape index (κ3) is 2.98. The summed E-state index contributed by atoms with van der Waals surface area (Å²) < 4.78 is 11.5. The van der Waals surface area contributed by atoms with Crippen molar-refractivity contribution in [2.45, 2.75) is 13.8 Å². The highest BCUT2D eigenvalue weighted by Gasteiger charge is 2.17. The van der Waals surface area contributed by atoms with Crippen molar-refractivity contribution in [1.82, 2.24) is 0 Å². The summed E-state index contributed by atoms with van der Waals surface area (Å²) in [5.74, 6) is 1.11. The lowest BCUT2D eigenvalue weighted by atomic mass is 10.1. The number of para-hydroxylation sites is 1. The molecule has 3 aromatic rings. The van der Waals surface area contributed by atoms with Crippen molar-refractivity contribution in [3.8, 4) is 17.1 Å². The number of benzene rings is 2. The fourth-order valence-corrected chi connectivity index (χ4v) is 2.61. The van der Waals surface area contributed by atoms with Crippen molar-refractivity contribution in [3.63, 3.8) is 0 Å². The Hall–Kier alpha value is -2.81. The van der Waals surface area contributed by atoms with Crippen molar-refractivity contribution < 1.29 is 9.15 Å². The summed E-state index contributed by atoms with van der Waals surface area (Å²) in [5.41, 5.74) is 2.13. The van der Waals surface area contributed by atoms with Crippen molar-refractivity contribution in [2.75, 3.05) is 7.11 Å². The maximum Gasteiger partial charge on any atom is 0.235 e. The van der Waals surface area contributed by atoms with Gasteiger partial charge in [0.25, 0.3) is 0 Å². The molecule has 1 aromatic heterocycles. The van der Waals surface area contributed by atoms with Gasteiger partial charge >= 0.3 is 0 Å². The lowest BCUT2D eigenvalue weighted by Gasteiger charge is -2.10. The molecular formula is C21H20O3. The van der Waals surface area contributed by atoms with Gasteiger partial charge in [0.15, 0.2) is 5.76 Å². The molecule has 0 atom stereocenters. The van der Waals surface area contributed by atoms with E-state index in [1.54, 1.807) is 6.07 Å². The molecule has 0 N–H and O–H groups in total. The average Bonchev–Trinajstić information content (AvgIpc) is 2.60. The van der Waals surface area contributed by atoms with Crippen LogP contribution >= 0.6 is 0 Å². The van der Waals surface area contributed by atoms with Gasteiger partial charge in [-0.3, -0.25) is 4.79 Å². The maximum atomic E-state index is 12.8. The van der Waals surface area contributed by atoms with Gasteiger partial charge in [-0.15, -0.1) is 0 Å². The molecule has 1 heterocycles. The number of fused-ring (bicyclic) bond motifs is 1. The molecular weight excluding hydrogens is 300 g/mol. The van der Waals surface area contributed by atoms with Gasteiger partial charge in [0.05, 0.1) is 12.5 Å². The van der Waals surface area contributed by atoms with Gasteiger partial charge in [-0.25, -0.2) is 0 Å². The van der Waals surface area contributed by atoms with Crippen LogP contribution in [0.3, 0.4) is 0 Å².